The molecule has 0 aliphatic carbocycles. The minimum Gasteiger partial charge on any atom is -0.326 e. The van der Waals surface area contributed by atoms with Gasteiger partial charge in [-0.2, -0.15) is 4.31 Å². The highest BCUT2D eigenvalue weighted by atomic mass is 35.5. The first-order valence-electron chi connectivity index (χ1n) is 7.13. The number of hydrogen-bond donors (Lipinski definition) is 1. The van der Waals surface area contributed by atoms with Gasteiger partial charge in [0, 0.05) is 31.1 Å². The second-order valence-electron chi connectivity index (χ2n) is 4.76. The van der Waals surface area contributed by atoms with E-state index in [2.05, 4.69) is 18.5 Å². The minimum absolute atomic E-state index is 0.152. The van der Waals surface area contributed by atoms with Gasteiger partial charge in [-0.05, 0) is 30.7 Å². The number of alkyl halides is 1. The third kappa shape index (κ3) is 5.82. The fourth-order valence-electron chi connectivity index (χ4n) is 1.87. The molecule has 1 rings (SSSR count). The summed E-state index contributed by atoms with van der Waals surface area (Å²) < 4.78 is 26.3. The van der Waals surface area contributed by atoms with Crippen molar-refractivity contribution in [3.63, 3.8) is 0 Å². The van der Waals surface area contributed by atoms with E-state index in [0.29, 0.717) is 24.4 Å². The Morgan fingerprint density at radius 3 is 2.22 bits per heavy atom. The van der Waals surface area contributed by atoms with Crippen LogP contribution in [0.15, 0.2) is 54.5 Å². The van der Waals surface area contributed by atoms with Crippen LogP contribution < -0.4 is 5.32 Å². The molecule has 23 heavy (non-hydrogen) atoms. The van der Waals surface area contributed by atoms with Crippen LogP contribution in [-0.2, 0) is 14.8 Å². The highest BCUT2D eigenvalue weighted by Gasteiger charge is 2.22. The van der Waals surface area contributed by atoms with Crippen molar-refractivity contribution in [1.82, 2.24) is 4.31 Å². The van der Waals surface area contributed by atoms with E-state index >= 15 is 0 Å². The van der Waals surface area contributed by atoms with Gasteiger partial charge in [-0.15, -0.1) is 24.8 Å². The van der Waals surface area contributed by atoms with E-state index in [1.165, 1.54) is 28.6 Å². The van der Waals surface area contributed by atoms with Gasteiger partial charge in [0.05, 0.1) is 4.90 Å². The molecule has 0 unspecified atom stereocenters. The lowest BCUT2D eigenvalue weighted by Crippen LogP contribution is -2.31. The Bertz CT molecular complexity index is 632. The van der Waals surface area contributed by atoms with Gasteiger partial charge in [-0.25, -0.2) is 8.42 Å². The molecule has 0 radical (unpaired) electrons. The van der Waals surface area contributed by atoms with E-state index in [9.17, 15) is 13.2 Å². The van der Waals surface area contributed by atoms with E-state index in [4.69, 9.17) is 11.6 Å². The molecule has 0 aliphatic heterocycles. The standard InChI is InChI=1S/C16H21ClN2O3S/c1-3-12-19(13-4-2)23(21,22)15-9-7-14(8-10-15)18-16(20)6-5-11-17/h3-4,7-10H,1-2,5-6,11-13H2,(H,18,20). The lowest BCUT2D eigenvalue weighted by atomic mass is 10.3. The van der Waals surface area contributed by atoms with Gasteiger partial charge in [0.1, 0.15) is 0 Å². The number of nitrogens with one attached hydrogen (secondary N) is 1. The maximum atomic E-state index is 12.5. The Hall–Kier alpha value is -1.63. The highest BCUT2D eigenvalue weighted by Crippen LogP contribution is 2.18. The van der Waals surface area contributed by atoms with Crippen molar-refractivity contribution in [2.24, 2.45) is 0 Å². The number of benzene rings is 1. The Morgan fingerprint density at radius 1 is 1.17 bits per heavy atom. The monoisotopic (exact) mass is 356 g/mol. The normalized spacial score (nSPS) is 11.2. The number of carbonyl (C=O) groups is 1. The van der Waals surface area contributed by atoms with Crippen LogP contribution in [0.4, 0.5) is 5.69 Å². The molecule has 0 spiro atoms. The minimum atomic E-state index is -3.62. The molecule has 1 aromatic rings. The Balaban J connectivity index is 2.87. The molecule has 0 atom stereocenters. The van der Waals surface area contributed by atoms with Crippen molar-refractivity contribution in [2.45, 2.75) is 17.7 Å². The second kappa shape index (κ2) is 9.50. The van der Waals surface area contributed by atoms with E-state index < -0.39 is 10.0 Å². The van der Waals surface area contributed by atoms with Gasteiger partial charge < -0.3 is 5.32 Å². The summed E-state index contributed by atoms with van der Waals surface area (Å²) in [5.41, 5.74) is 0.544. The summed E-state index contributed by atoms with van der Waals surface area (Å²) in [5.74, 6) is 0.272. The van der Waals surface area contributed by atoms with Crippen molar-refractivity contribution in [3.05, 3.63) is 49.6 Å². The molecule has 126 valence electrons. The lowest BCUT2D eigenvalue weighted by molar-refractivity contribution is -0.116. The maximum Gasteiger partial charge on any atom is 0.243 e. The molecule has 0 aliphatic rings. The van der Waals surface area contributed by atoms with Crippen molar-refractivity contribution in [2.75, 3.05) is 24.3 Å². The fourth-order valence-corrected chi connectivity index (χ4v) is 3.38. The maximum absolute atomic E-state index is 12.5. The number of hydrogen-bond acceptors (Lipinski definition) is 3. The van der Waals surface area contributed by atoms with Crippen LogP contribution in [0, 0.1) is 0 Å². The summed E-state index contributed by atoms with van der Waals surface area (Å²) in [6, 6.07) is 6.05. The summed E-state index contributed by atoms with van der Waals surface area (Å²) in [4.78, 5) is 11.8. The summed E-state index contributed by atoms with van der Waals surface area (Å²) in [6.45, 7) is 7.53. The zero-order chi connectivity index (χ0) is 17.3. The van der Waals surface area contributed by atoms with Crippen molar-refractivity contribution >= 4 is 33.2 Å². The molecule has 0 fully saturated rings. The zero-order valence-electron chi connectivity index (χ0n) is 12.9. The molecule has 1 aromatic carbocycles. The smallest absolute Gasteiger partial charge is 0.243 e. The zero-order valence-corrected chi connectivity index (χ0v) is 14.4. The number of carbonyl (C=O) groups excluding carboxylic acids is 1. The first-order chi connectivity index (χ1) is 11.0. The number of rotatable bonds is 10. The average Bonchev–Trinajstić information content (AvgIpc) is 2.53. The van der Waals surface area contributed by atoms with Gasteiger partial charge in [-0.1, -0.05) is 12.2 Å². The number of nitrogens with zero attached hydrogens (tertiary/aromatic N) is 1. The van der Waals surface area contributed by atoms with Crippen LogP contribution >= 0.6 is 11.6 Å². The van der Waals surface area contributed by atoms with Gasteiger partial charge in [0.25, 0.3) is 0 Å². The number of anilines is 1. The Kier molecular flexibility index (Phi) is 8.02. The number of halogens is 1. The molecule has 0 bridgehead atoms. The topological polar surface area (TPSA) is 66.5 Å². The van der Waals surface area contributed by atoms with E-state index in [1.54, 1.807) is 12.1 Å². The quantitative estimate of drug-likeness (QED) is 0.517. The molecule has 0 heterocycles. The Labute approximate surface area is 142 Å². The second-order valence-corrected chi connectivity index (χ2v) is 7.08. The van der Waals surface area contributed by atoms with Crippen LogP contribution in [0.3, 0.4) is 0 Å². The highest BCUT2D eigenvalue weighted by molar-refractivity contribution is 7.89. The first-order valence-corrected chi connectivity index (χ1v) is 9.11. The SMILES string of the molecule is C=CCN(CC=C)S(=O)(=O)c1ccc(NC(=O)CCCCl)cc1. The molecule has 7 heteroatoms. The summed E-state index contributed by atoms with van der Waals surface area (Å²) in [7, 11) is -3.62. The molecular weight excluding hydrogens is 336 g/mol. The molecule has 0 aromatic heterocycles. The summed E-state index contributed by atoms with van der Waals surface area (Å²) >= 11 is 5.54. The molecular formula is C16H21ClN2O3S. The molecule has 1 amide bonds. The van der Waals surface area contributed by atoms with Crippen LogP contribution in [0.25, 0.3) is 0 Å². The largest absolute Gasteiger partial charge is 0.326 e. The third-order valence-corrected chi connectivity index (χ3v) is 5.09. The van der Waals surface area contributed by atoms with Crippen molar-refractivity contribution in [1.29, 1.82) is 0 Å². The van der Waals surface area contributed by atoms with Crippen LogP contribution in [0.1, 0.15) is 12.8 Å². The summed E-state index contributed by atoms with van der Waals surface area (Å²) in [5, 5.41) is 2.70. The van der Waals surface area contributed by atoms with Crippen LogP contribution in [0.2, 0.25) is 0 Å². The molecule has 5 nitrogen and oxygen atoms in total. The van der Waals surface area contributed by atoms with Gasteiger partial charge in [0.2, 0.25) is 15.9 Å². The van der Waals surface area contributed by atoms with Crippen LogP contribution in [0.5, 0.6) is 0 Å². The average molecular weight is 357 g/mol. The third-order valence-electron chi connectivity index (χ3n) is 2.98. The molecule has 0 saturated heterocycles. The number of sulfonamides is 1. The molecule has 1 N–H and O–H groups in total. The van der Waals surface area contributed by atoms with Gasteiger partial charge in [0.15, 0.2) is 0 Å². The predicted octanol–water partition coefficient (Wildman–Crippen LogP) is 3.01. The first kappa shape index (κ1) is 19.4. The fraction of sp³-hybridized carbons (Fsp3) is 0.312. The van der Waals surface area contributed by atoms with Crippen molar-refractivity contribution < 1.29 is 13.2 Å². The van der Waals surface area contributed by atoms with Gasteiger partial charge in [-0.3, -0.25) is 4.79 Å². The number of amides is 1. The predicted molar refractivity (Wildman–Crippen MR) is 94.2 cm³/mol. The lowest BCUT2D eigenvalue weighted by Gasteiger charge is -2.19. The summed E-state index contributed by atoms with van der Waals surface area (Å²) in [6.07, 6.45) is 3.97. The van der Waals surface area contributed by atoms with Crippen LogP contribution in [-0.4, -0.2) is 37.6 Å². The van der Waals surface area contributed by atoms with Gasteiger partial charge >= 0.3 is 0 Å². The van der Waals surface area contributed by atoms with E-state index in [-0.39, 0.29) is 23.9 Å². The molecule has 0 saturated carbocycles. The van der Waals surface area contributed by atoms with Crippen molar-refractivity contribution in [3.8, 4) is 0 Å². The van der Waals surface area contributed by atoms with E-state index in [1.807, 2.05) is 0 Å². The van der Waals surface area contributed by atoms with E-state index in [0.717, 1.165) is 0 Å². The Morgan fingerprint density at radius 2 is 1.74 bits per heavy atom.